The van der Waals surface area contributed by atoms with Gasteiger partial charge in [0.2, 0.25) is 11.9 Å². The number of anilines is 3. The van der Waals surface area contributed by atoms with Crippen molar-refractivity contribution in [2.45, 2.75) is 51.0 Å². The van der Waals surface area contributed by atoms with Crippen LogP contribution in [0.2, 0.25) is 0 Å². The van der Waals surface area contributed by atoms with E-state index >= 15 is 0 Å². The Morgan fingerprint density at radius 3 is 2.85 bits per heavy atom. The molecule has 0 aliphatic heterocycles. The number of carbonyl (C=O) groups excluding carboxylic acids is 2. The second-order valence-electron chi connectivity index (χ2n) is 11.1. The Hall–Kier alpha value is -4.41. The van der Waals surface area contributed by atoms with E-state index in [1.54, 1.807) is 13.3 Å². The first-order chi connectivity index (χ1) is 19.3. The highest BCUT2D eigenvalue weighted by Crippen LogP contribution is 2.54. The van der Waals surface area contributed by atoms with Crippen LogP contribution in [0.3, 0.4) is 0 Å². The number of aromatic nitrogens is 3. The lowest BCUT2D eigenvalue weighted by atomic mass is 9.79. The summed E-state index contributed by atoms with van der Waals surface area (Å²) < 4.78 is 10.8. The van der Waals surface area contributed by atoms with E-state index < -0.39 is 0 Å². The Labute approximate surface area is 231 Å². The molecule has 2 heterocycles. The topological polar surface area (TPSA) is 171 Å². The quantitative estimate of drug-likeness (QED) is 0.246. The molecule has 11 nitrogen and oxygen atoms in total. The van der Waals surface area contributed by atoms with Crippen molar-refractivity contribution >= 4 is 29.3 Å². The number of nitrogens with one attached hydrogen (secondary N) is 2. The smallest absolute Gasteiger partial charge is 0.273 e. The van der Waals surface area contributed by atoms with E-state index in [1.165, 1.54) is 12.7 Å². The number of allylic oxidation sites excluding steroid dienone is 2. The third-order valence-corrected chi connectivity index (χ3v) is 8.54. The highest BCUT2D eigenvalue weighted by molar-refractivity contribution is 5.92. The third kappa shape index (κ3) is 4.87. The number of rotatable bonds is 8. The van der Waals surface area contributed by atoms with Crippen molar-refractivity contribution in [3.8, 4) is 5.75 Å². The number of fused-ring (bicyclic) bond motifs is 3. The minimum absolute atomic E-state index is 0.0211. The molecule has 2 aromatic heterocycles. The number of oxazole rings is 1. The molecule has 208 valence electrons. The normalized spacial score (nSPS) is 24.8. The number of primary amides is 1. The van der Waals surface area contributed by atoms with Crippen LogP contribution in [-0.2, 0) is 24.1 Å². The lowest BCUT2D eigenvalue weighted by molar-refractivity contribution is -0.122. The molecule has 40 heavy (non-hydrogen) atoms. The van der Waals surface area contributed by atoms with Crippen LogP contribution in [0, 0.1) is 17.3 Å². The minimum Gasteiger partial charge on any atom is -0.494 e. The fourth-order valence-corrected chi connectivity index (χ4v) is 6.65. The summed E-state index contributed by atoms with van der Waals surface area (Å²) in [5, 5.41) is 6.35. The Balaban J connectivity index is 1.17. The summed E-state index contributed by atoms with van der Waals surface area (Å²) in [7, 11) is 1.65. The van der Waals surface area contributed by atoms with Gasteiger partial charge in [-0.05, 0) is 73.5 Å². The molecule has 1 fully saturated rings. The number of ether oxygens (including phenoxy) is 1. The van der Waals surface area contributed by atoms with Crippen molar-refractivity contribution in [1.29, 1.82) is 0 Å². The summed E-state index contributed by atoms with van der Waals surface area (Å²) in [5.41, 5.74) is 16.0. The van der Waals surface area contributed by atoms with Crippen LogP contribution in [0.15, 0.2) is 47.6 Å². The summed E-state index contributed by atoms with van der Waals surface area (Å²) in [6.07, 6.45) is 14.2. The molecule has 3 aromatic rings. The molecular weight excluding hydrogens is 510 g/mol. The molecule has 0 spiro atoms. The highest BCUT2D eigenvalue weighted by Gasteiger charge is 2.49. The Bertz CT molecular complexity index is 1470. The van der Waals surface area contributed by atoms with Crippen molar-refractivity contribution in [3.05, 3.63) is 65.5 Å². The van der Waals surface area contributed by atoms with E-state index in [0.29, 0.717) is 24.6 Å². The molecule has 0 saturated heterocycles. The minimum atomic E-state index is -0.241. The maximum atomic E-state index is 12.5. The van der Waals surface area contributed by atoms with E-state index in [0.717, 1.165) is 60.2 Å². The SMILES string of the molecule is COc1c(Nc2ncc(C[C@]34C=C[C@H](C3)[C@H](C(N)=O)C4)c(N)n2)ccc2c1CCCC(NC(=O)c1cocn1)C2. The predicted molar refractivity (Wildman–Crippen MR) is 148 cm³/mol. The van der Waals surface area contributed by atoms with E-state index in [4.69, 9.17) is 20.6 Å². The Morgan fingerprint density at radius 2 is 2.12 bits per heavy atom. The lowest BCUT2D eigenvalue weighted by Gasteiger charge is -2.25. The fraction of sp³-hybridized carbons (Fsp3) is 0.414. The molecule has 1 unspecified atom stereocenters. The van der Waals surface area contributed by atoms with Gasteiger partial charge in [0.25, 0.3) is 5.91 Å². The number of methoxy groups -OCH3 is 1. The zero-order valence-electron chi connectivity index (χ0n) is 22.4. The van der Waals surface area contributed by atoms with Gasteiger partial charge < -0.3 is 31.3 Å². The van der Waals surface area contributed by atoms with Gasteiger partial charge >= 0.3 is 0 Å². The summed E-state index contributed by atoms with van der Waals surface area (Å²) in [6.45, 7) is 0. The molecule has 2 amide bonds. The number of nitrogens with zero attached hydrogens (tertiary/aromatic N) is 3. The number of hydrogen-bond acceptors (Lipinski definition) is 9. The molecule has 3 aliphatic rings. The number of nitrogen functional groups attached to an aromatic ring is 1. The van der Waals surface area contributed by atoms with Gasteiger partial charge in [0, 0.05) is 23.7 Å². The Morgan fingerprint density at radius 1 is 1.25 bits per heavy atom. The number of amides is 2. The van der Waals surface area contributed by atoms with Gasteiger partial charge in [0.15, 0.2) is 12.1 Å². The molecule has 2 bridgehead atoms. The number of hydrogen-bond donors (Lipinski definition) is 4. The molecule has 3 aliphatic carbocycles. The number of carbonyl (C=O) groups is 2. The van der Waals surface area contributed by atoms with Crippen LogP contribution in [0.1, 0.15) is 52.9 Å². The van der Waals surface area contributed by atoms with Crippen molar-refractivity contribution in [3.63, 3.8) is 0 Å². The molecule has 1 aromatic carbocycles. The van der Waals surface area contributed by atoms with Gasteiger partial charge in [0.05, 0.1) is 12.8 Å². The van der Waals surface area contributed by atoms with E-state index in [2.05, 4.69) is 43.8 Å². The average Bonchev–Trinajstić information content (AvgIpc) is 3.66. The summed E-state index contributed by atoms with van der Waals surface area (Å²) >= 11 is 0. The summed E-state index contributed by atoms with van der Waals surface area (Å²) in [6, 6.07) is 3.97. The largest absolute Gasteiger partial charge is 0.494 e. The molecule has 4 atom stereocenters. The zero-order valence-corrected chi connectivity index (χ0v) is 22.4. The van der Waals surface area contributed by atoms with Gasteiger partial charge in [0.1, 0.15) is 17.8 Å². The molecule has 0 radical (unpaired) electrons. The lowest BCUT2D eigenvalue weighted by Crippen LogP contribution is -2.36. The highest BCUT2D eigenvalue weighted by atomic mass is 16.5. The van der Waals surface area contributed by atoms with Gasteiger partial charge in [-0.15, -0.1) is 0 Å². The summed E-state index contributed by atoms with van der Waals surface area (Å²) in [5.74, 6) is 1.14. The maximum absolute atomic E-state index is 12.5. The second-order valence-corrected chi connectivity index (χ2v) is 11.1. The fourth-order valence-electron chi connectivity index (χ4n) is 6.65. The van der Waals surface area contributed by atoms with Crippen LogP contribution < -0.4 is 26.8 Å². The maximum Gasteiger partial charge on any atom is 0.273 e. The predicted octanol–water partition coefficient (Wildman–Crippen LogP) is 3.09. The van der Waals surface area contributed by atoms with Crippen molar-refractivity contribution in [2.75, 3.05) is 18.2 Å². The van der Waals surface area contributed by atoms with Crippen molar-refractivity contribution < 1.29 is 18.7 Å². The van der Waals surface area contributed by atoms with Crippen LogP contribution >= 0.6 is 0 Å². The molecule has 11 heteroatoms. The second kappa shape index (κ2) is 10.3. The first kappa shape index (κ1) is 25.8. The van der Waals surface area contributed by atoms with Crippen LogP contribution in [-0.4, -0.2) is 39.9 Å². The van der Waals surface area contributed by atoms with Crippen molar-refractivity contribution in [2.24, 2.45) is 23.0 Å². The van der Waals surface area contributed by atoms with Gasteiger partial charge in [-0.25, -0.2) is 9.97 Å². The first-order valence-electron chi connectivity index (χ1n) is 13.6. The van der Waals surface area contributed by atoms with Gasteiger partial charge in [-0.3, -0.25) is 9.59 Å². The van der Waals surface area contributed by atoms with E-state index in [1.807, 2.05) is 6.07 Å². The van der Waals surface area contributed by atoms with Gasteiger partial charge in [-0.1, -0.05) is 18.2 Å². The molecular formula is C29H33N7O4. The molecule has 6 N–H and O–H groups in total. The van der Waals surface area contributed by atoms with Crippen molar-refractivity contribution in [1.82, 2.24) is 20.3 Å². The van der Waals surface area contributed by atoms with E-state index in [9.17, 15) is 9.59 Å². The molecule has 1 saturated carbocycles. The van der Waals surface area contributed by atoms with E-state index in [-0.39, 0.29) is 40.8 Å². The third-order valence-electron chi connectivity index (χ3n) is 8.54. The van der Waals surface area contributed by atoms with Crippen LogP contribution in [0.25, 0.3) is 0 Å². The van der Waals surface area contributed by atoms with Crippen LogP contribution in [0.5, 0.6) is 5.75 Å². The standard InChI is InChI=1S/C29H33N7O4/c1-39-24-20-4-2-3-19(34-27(38)23-14-40-15-33-23)9-16(20)5-6-22(24)35-28-32-13-18(25(30)36-28)11-29-8-7-17(10-29)21(12-29)26(31)37/h5-8,13-15,17,19,21H,2-4,9-12H2,1H3,(H2,31,37)(H,34,38)(H3,30,32,35,36)/t17-,19?,21-,29+/m1/s1. The summed E-state index contributed by atoms with van der Waals surface area (Å²) in [4.78, 5) is 37.4. The Kier molecular flexibility index (Phi) is 6.65. The average molecular weight is 544 g/mol. The molecule has 6 rings (SSSR count). The number of nitrogens with two attached hydrogens (primary N) is 2. The monoisotopic (exact) mass is 543 g/mol. The van der Waals surface area contributed by atoms with Gasteiger partial charge in [-0.2, -0.15) is 4.98 Å². The zero-order chi connectivity index (χ0) is 27.9. The first-order valence-corrected chi connectivity index (χ1v) is 13.6. The number of benzene rings is 1. The van der Waals surface area contributed by atoms with Crippen LogP contribution in [0.4, 0.5) is 17.5 Å².